The average Bonchev–Trinajstić information content (AvgIpc) is 3.23. The fourth-order valence-corrected chi connectivity index (χ4v) is 4.62. The standard InChI is InChI=1S/C15H16N2O4S2/c18-14-4-3-12(23(20,21)17-6-1-2-7-17)9-13(14)16-15(19)11-5-8-22-10-11/h3-5,8-10,18H,1-2,6-7H2,(H,16,19). The lowest BCUT2D eigenvalue weighted by Crippen LogP contribution is -2.27. The van der Waals surface area contributed by atoms with Gasteiger partial charge in [0.2, 0.25) is 10.0 Å². The number of carbonyl (C=O) groups is 1. The number of hydrogen-bond donors (Lipinski definition) is 2. The second kappa shape index (κ2) is 6.31. The highest BCUT2D eigenvalue weighted by Gasteiger charge is 2.27. The molecule has 1 fully saturated rings. The second-order valence-corrected chi connectivity index (χ2v) is 7.97. The Morgan fingerprint density at radius 3 is 2.61 bits per heavy atom. The summed E-state index contributed by atoms with van der Waals surface area (Å²) in [5.74, 6) is -0.564. The van der Waals surface area contributed by atoms with Gasteiger partial charge in [0.15, 0.2) is 0 Å². The molecule has 1 saturated heterocycles. The molecule has 0 saturated carbocycles. The highest BCUT2D eigenvalue weighted by molar-refractivity contribution is 7.89. The van der Waals surface area contributed by atoms with Crippen LogP contribution in [0.15, 0.2) is 39.9 Å². The van der Waals surface area contributed by atoms with Crippen molar-refractivity contribution in [1.29, 1.82) is 0 Å². The van der Waals surface area contributed by atoms with Crippen LogP contribution in [-0.4, -0.2) is 36.8 Å². The molecule has 8 heteroatoms. The normalized spacial score (nSPS) is 15.7. The number of thiophene rings is 1. The first-order chi connectivity index (χ1) is 11.0. The summed E-state index contributed by atoms with van der Waals surface area (Å²) in [6, 6.07) is 5.59. The molecule has 2 N–H and O–H groups in total. The summed E-state index contributed by atoms with van der Waals surface area (Å²) in [7, 11) is -3.59. The molecular formula is C15H16N2O4S2. The van der Waals surface area contributed by atoms with E-state index in [9.17, 15) is 18.3 Å². The minimum atomic E-state index is -3.59. The van der Waals surface area contributed by atoms with E-state index in [2.05, 4.69) is 5.32 Å². The van der Waals surface area contributed by atoms with Gasteiger partial charge in [-0.15, -0.1) is 0 Å². The molecule has 2 aromatic rings. The number of rotatable bonds is 4. The molecule has 1 aliphatic rings. The van der Waals surface area contributed by atoms with Crippen molar-refractivity contribution in [2.24, 2.45) is 0 Å². The predicted molar refractivity (Wildman–Crippen MR) is 88.4 cm³/mol. The Hall–Kier alpha value is -1.90. The van der Waals surface area contributed by atoms with E-state index in [1.807, 2.05) is 0 Å². The van der Waals surface area contributed by atoms with E-state index < -0.39 is 15.9 Å². The maximum atomic E-state index is 12.5. The van der Waals surface area contributed by atoms with E-state index in [4.69, 9.17) is 0 Å². The first-order valence-corrected chi connectivity index (χ1v) is 9.53. The van der Waals surface area contributed by atoms with Gasteiger partial charge in [-0.05, 0) is 42.5 Å². The van der Waals surface area contributed by atoms with Crippen molar-refractivity contribution in [1.82, 2.24) is 4.31 Å². The van der Waals surface area contributed by atoms with Gasteiger partial charge >= 0.3 is 0 Å². The third kappa shape index (κ3) is 3.24. The Bertz CT molecular complexity index is 810. The van der Waals surface area contributed by atoms with E-state index in [0.29, 0.717) is 18.7 Å². The molecular weight excluding hydrogens is 336 g/mol. The zero-order valence-electron chi connectivity index (χ0n) is 12.2. The van der Waals surface area contributed by atoms with Crippen molar-refractivity contribution in [3.63, 3.8) is 0 Å². The van der Waals surface area contributed by atoms with E-state index in [-0.39, 0.29) is 16.3 Å². The third-order valence-electron chi connectivity index (χ3n) is 3.70. The van der Waals surface area contributed by atoms with Crippen LogP contribution in [0.5, 0.6) is 5.75 Å². The number of nitrogens with one attached hydrogen (secondary N) is 1. The molecule has 1 amide bonds. The van der Waals surface area contributed by atoms with Gasteiger partial charge in [-0.2, -0.15) is 15.6 Å². The molecule has 0 atom stereocenters. The Labute approximate surface area is 138 Å². The first-order valence-electron chi connectivity index (χ1n) is 7.15. The largest absolute Gasteiger partial charge is 0.506 e. The van der Waals surface area contributed by atoms with Crippen molar-refractivity contribution in [2.45, 2.75) is 17.7 Å². The number of phenols is 1. The number of anilines is 1. The molecule has 1 aromatic carbocycles. The van der Waals surface area contributed by atoms with E-state index in [1.54, 1.807) is 16.8 Å². The van der Waals surface area contributed by atoms with Crippen LogP contribution in [0.4, 0.5) is 5.69 Å². The van der Waals surface area contributed by atoms with Crippen molar-refractivity contribution in [2.75, 3.05) is 18.4 Å². The molecule has 122 valence electrons. The summed E-state index contributed by atoms with van der Waals surface area (Å²) in [4.78, 5) is 12.1. The van der Waals surface area contributed by atoms with Crippen LogP contribution in [-0.2, 0) is 10.0 Å². The summed E-state index contributed by atoms with van der Waals surface area (Å²) in [5, 5.41) is 15.9. The number of benzene rings is 1. The molecule has 6 nitrogen and oxygen atoms in total. The number of sulfonamides is 1. The summed E-state index contributed by atoms with van der Waals surface area (Å²) in [5.41, 5.74) is 0.545. The minimum Gasteiger partial charge on any atom is -0.506 e. The van der Waals surface area contributed by atoms with Gasteiger partial charge in [-0.3, -0.25) is 4.79 Å². The molecule has 1 aromatic heterocycles. The molecule has 2 heterocycles. The monoisotopic (exact) mass is 352 g/mol. The number of nitrogens with zero attached hydrogens (tertiary/aromatic N) is 1. The highest BCUT2D eigenvalue weighted by atomic mass is 32.2. The number of amides is 1. The smallest absolute Gasteiger partial charge is 0.256 e. The summed E-state index contributed by atoms with van der Waals surface area (Å²) in [6.07, 6.45) is 1.69. The van der Waals surface area contributed by atoms with Crippen LogP contribution in [0.3, 0.4) is 0 Å². The van der Waals surface area contributed by atoms with E-state index >= 15 is 0 Å². The summed E-state index contributed by atoms with van der Waals surface area (Å²) in [6.45, 7) is 1.000. The quantitative estimate of drug-likeness (QED) is 0.828. The lowest BCUT2D eigenvalue weighted by atomic mass is 10.2. The van der Waals surface area contributed by atoms with Crippen LogP contribution >= 0.6 is 11.3 Å². The zero-order valence-corrected chi connectivity index (χ0v) is 13.9. The number of carbonyl (C=O) groups excluding carboxylic acids is 1. The molecule has 0 bridgehead atoms. The maximum Gasteiger partial charge on any atom is 0.256 e. The second-order valence-electron chi connectivity index (χ2n) is 5.26. The number of aromatic hydroxyl groups is 1. The van der Waals surface area contributed by atoms with Crippen molar-refractivity contribution < 1.29 is 18.3 Å². The SMILES string of the molecule is O=C(Nc1cc(S(=O)(=O)N2CCCC2)ccc1O)c1ccsc1. The van der Waals surface area contributed by atoms with Crippen molar-refractivity contribution >= 4 is 33.0 Å². The van der Waals surface area contributed by atoms with Crippen molar-refractivity contribution in [3.8, 4) is 5.75 Å². The summed E-state index contributed by atoms with van der Waals surface area (Å²) >= 11 is 1.38. The Morgan fingerprint density at radius 2 is 1.96 bits per heavy atom. The minimum absolute atomic E-state index is 0.0674. The van der Waals surface area contributed by atoms with Crippen LogP contribution < -0.4 is 5.32 Å². The molecule has 0 radical (unpaired) electrons. The Balaban J connectivity index is 1.88. The first kappa shape index (κ1) is 16.0. The maximum absolute atomic E-state index is 12.5. The van der Waals surface area contributed by atoms with Crippen molar-refractivity contribution in [3.05, 3.63) is 40.6 Å². The molecule has 0 spiro atoms. The number of phenolic OH excluding ortho intramolecular Hbond substituents is 1. The van der Waals surface area contributed by atoms with Crippen LogP contribution in [0, 0.1) is 0 Å². The zero-order chi connectivity index (χ0) is 16.4. The van der Waals surface area contributed by atoms with E-state index in [0.717, 1.165) is 12.8 Å². The average molecular weight is 352 g/mol. The topological polar surface area (TPSA) is 86.7 Å². The molecule has 0 aliphatic carbocycles. The fourth-order valence-electron chi connectivity index (χ4n) is 2.44. The molecule has 0 unspecified atom stereocenters. The summed E-state index contributed by atoms with van der Waals surface area (Å²) < 4.78 is 26.5. The van der Waals surface area contributed by atoms with Crippen LogP contribution in [0.1, 0.15) is 23.2 Å². The molecule has 23 heavy (non-hydrogen) atoms. The van der Waals surface area contributed by atoms with Gasteiger partial charge in [0.25, 0.3) is 5.91 Å². The van der Waals surface area contributed by atoms with Gasteiger partial charge in [-0.1, -0.05) is 0 Å². The van der Waals surface area contributed by atoms with Gasteiger partial charge in [0.1, 0.15) is 5.75 Å². The van der Waals surface area contributed by atoms with Crippen LogP contribution in [0.25, 0.3) is 0 Å². The van der Waals surface area contributed by atoms with Gasteiger partial charge < -0.3 is 10.4 Å². The lowest BCUT2D eigenvalue weighted by Gasteiger charge is -2.16. The third-order valence-corrected chi connectivity index (χ3v) is 6.28. The van der Waals surface area contributed by atoms with Gasteiger partial charge in [0.05, 0.1) is 16.1 Å². The van der Waals surface area contributed by atoms with Gasteiger partial charge in [-0.25, -0.2) is 8.42 Å². The lowest BCUT2D eigenvalue weighted by molar-refractivity contribution is 0.102. The Morgan fingerprint density at radius 1 is 1.22 bits per heavy atom. The van der Waals surface area contributed by atoms with Crippen LogP contribution in [0.2, 0.25) is 0 Å². The van der Waals surface area contributed by atoms with E-state index in [1.165, 1.54) is 33.8 Å². The molecule has 1 aliphatic heterocycles. The number of hydrogen-bond acceptors (Lipinski definition) is 5. The highest BCUT2D eigenvalue weighted by Crippen LogP contribution is 2.29. The van der Waals surface area contributed by atoms with Gasteiger partial charge in [0, 0.05) is 18.5 Å². The Kier molecular flexibility index (Phi) is 4.38. The molecule has 3 rings (SSSR count). The fraction of sp³-hybridized carbons (Fsp3) is 0.267. The predicted octanol–water partition coefficient (Wildman–Crippen LogP) is 2.49.